The van der Waals surface area contributed by atoms with E-state index >= 15 is 0 Å². The Hall–Kier alpha value is -2.70. The van der Waals surface area contributed by atoms with E-state index in [9.17, 15) is 14.0 Å². The average Bonchev–Trinajstić information content (AvgIpc) is 2.75. The summed E-state index contributed by atoms with van der Waals surface area (Å²) in [7, 11) is 0. The van der Waals surface area contributed by atoms with Crippen molar-refractivity contribution in [2.45, 2.75) is 27.3 Å². The largest absolute Gasteiger partial charge is 0.478 e. The van der Waals surface area contributed by atoms with Gasteiger partial charge in [-0.05, 0) is 39.0 Å². The predicted molar refractivity (Wildman–Crippen MR) is 78.7 cm³/mol. The van der Waals surface area contributed by atoms with Gasteiger partial charge in [-0.2, -0.15) is 5.10 Å². The monoisotopic (exact) mass is 305 g/mol. The van der Waals surface area contributed by atoms with E-state index in [4.69, 9.17) is 5.11 Å². The molecular weight excluding hydrogens is 289 g/mol. The number of hydrogen-bond acceptors (Lipinski definition) is 3. The number of benzene rings is 1. The van der Waals surface area contributed by atoms with E-state index in [1.54, 1.807) is 18.5 Å². The Morgan fingerprint density at radius 1 is 1.36 bits per heavy atom. The molecule has 0 fully saturated rings. The highest BCUT2D eigenvalue weighted by molar-refractivity contribution is 6.06. The number of carbonyl (C=O) groups excluding carboxylic acids is 1. The number of halogens is 1. The van der Waals surface area contributed by atoms with Crippen LogP contribution in [0, 0.1) is 19.7 Å². The molecule has 7 heteroatoms. The first kappa shape index (κ1) is 15.7. The van der Waals surface area contributed by atoms with Gasteiger partial charge in [-0.25, -0.2) is 9.18 Å². The molecule has 0 unspecified atom stereocenters. The minimum Gasteiger partial charge on any atom is -0.478 e. The Labute approximate surface area is 126 Å². The Kier molecular flexibility index (Phi) is 4.25. The van der Waals surface area contributed by atoms with Crippen molar-refractivity contribution in [3.05, 3.63) is 46.5 Å². The van der Waals surface area contributed by atoms with Crippen LogP contribution >= 0.6 is 0 Å². The van der Waals surface area contributed by atoms with Crippen LogP contribution in [0.15, 0.2) is 18.2 Å². The third-order valence-electron chi connectivity index (χ3n) is 3.37. The highest BCUT2D eigenvalue weighted by Crippen LogP contribution is 2.19. The molecular formula is C15H16FN3O3. The molecule has 0 saturated heterocycles. The van der Waals surface area contributed by atoms with Crippen molar-refractivity contribution in [2.24, 2.45) is 0 Å². The van der Waals surface area contributed by atoms with Crippen molar-refractivity contribution in [1.29, 1.82) is 0 Å². The van der Waals surface area contributed by atoms with Gasteiger partial charge in [0.15, 0.2) is 0 Å². The number of hydrogen-bond donors (Lipinski definition) is 2. The molecule has 1 heterocycles. The van der Waals surface area contributed by atoms with Crippen LogP contribution in [0.5, 0.6) is 0 Å². The number of nitrogens with zero attached hydrogens (tertiary/aromatic N) is 2. The maximum Gasteiger partial charge on any atom is 0.335 e. The molecule has 1 aromatic carbocycles. The number of carbonyl (C=O) groups is 2. The fourth-order valence-corrected chi connectivity index (χ4v) is 2.27. The standard InChI is InChI=1S/C15H16FN3O3/c1-4-19-9(3)13(8(2)18-19)14(20)17-12-6-5-10(15(21)22)7-11(12)16/h5-7H,4H2,1-3H3,(H,17,20)(H,21,22). The molecule has 0 aliphatic heterocycles. The van der Waals surface area contributed by atoms with E-state index in [-0.39, 0.29) is 11.3 Å². The molecule has 2 aromatic rings. The summed E-state index contributed by atoms with van der Waals surface area (Å²) in [6, 6.07) is 3.33. The second kappa shape index (κ2) is 5.97. The normalized spacial score (nSPS) is 10.5. The van der Waals surface area contributed by atoms with Gasteiger partial charge in [0.2, 0.25) is 0 Å². The molecule has 0 saturated carbocycles. The zero-order valence-electron chi connectivity index (χ0n) is 12.5. The van der Waals surface area contributed by atoms with Crippen molar-refractivity contribution in [2.75, 3.05) is 5.32 Å². The first-order valence-electron chi connectivity index (χ1n) is 6.73. The minimum absolute atomic E-state index is 0.0713. The van der Waals surface area contributed by atoms with Crippen LogP contribution in [-0.4, -0.2) is 26.8 Å². The molecule has 0 bridgehead atoms. The van der Waals surface area contributed by atoms with E-state index in [2.05, 4.69) is 10.4 Å². The highest BCUT2D eigenvalue weighted by atomic mass is 19.1. The fourth-order valence-electron chi connectivity index (χ4n) is 2.27. The number of aryl methyl sites for hydroxylation is 2. The molecule has 22 heavy (non-hydrogen) atoms. The van der Waals surface area contributed by atoms with E-state index in [1.807, 2.05) is 6.92 Å². The molecule has 116 valence electrons. The van der Waals surface area contributed by atoms with Crippen LogP contribution < -0.4 is 5.32 Å². The first-order valence-corrected chi connectivity index (χ1v) is 6.73. The zero-order chi connectivity index (χ0) is 16.4. The topological polar surface area (TPSA) is 84.2 Å². The third kappa shape index (κ3) is 2.83. The average molecular weight is 305 g/mol. The van der Waals surface area contributed by atoms with Gasteiger partial charge >= 0.3 is 5.97 Å². The lowest BCUT2D eigenvalue weighted by Gasteiger charge is -2.07. The van der Waals surface area contributed by atoms with E-state index in [0.29, 0.717) is 23.5 Å². The van der Waals surface area contributed by atoms with E-state index < -0.39 is 17.7 Å². The van der Waals surface area contributed by atoms with Crippen molar-refractivity contribution < 1.29 is 19.1 Å². The molecule has 1 amide bonds. The molecule has 2 rings (SSSR count). The lowest BCUT2D eigenvalue weighted by Crippen LogP contribution is -2.15. The van der Waals surface area contributed by atoms with Gasteiger partial charge < -0.3 is 10.4 Å². The second-order valence-corrected chi connectivity index (χ2v) is 4.82. The molecule has 2 N–H and O–H groups in total. The number of amides is 1. The molecule has 0 radical (unpaired) electrons. The highest BCUT2D eigenvalue weighted by Gasteiger charge is 2.19. The summed E-state index contributed by atoms with van der Waals surface area (Å²) >= 11 is 0. The SMILES string of the molecule is CCn1nc(C)c(C(=O)Nc2ccc(C(=O)O)cc2F)c1C. The summed E-state index contributed by atoms with van der Waals surface area (Å²) in [6.45, 7) is 6.01. The molecule has 0 spiro atoms. The van der Waals surface area contributed by atoms with Gasteiger partial charge in [-0.15, -0.1) is 0 Å². The van der Waals surface area contributed by atoms with Crippen molar-refractivity contribution in [3.63, 3.8) is 0 Å². The van der Waals surface area contributed by atoms with Crippen LogP contribution in [0.25, 0.3) is 0 Å². The second-order valence-electron chi connectivity index (χ2n) is 4.82. The quantitative estimate of drug-likeness (QED) is 0.909. The molecule has 0 aliphatic rings. The van der Waals surface area contributed by atoms with Crippen molar-refractivity contribution in [1.82, 2.24) is 9.78 Å². The number of anilines is 1. The summed E-state index contributed by atoms with van der Waals surface area (Å²) in [5.41, 5.74) is 1.39. The number of carboxylic acids is 1. The van der Waals surface area contributed by atoms with Crippen LogP contribution in [0.1, 0.15) is 39.0 Å². The van der Waals surface area contributed by atoms with E-state index in [1.165, 1.54) is 12.1 Å². The maximum absolute atomic E-state index is 13.9. The van der Waals surface area contributed by atoms with Gasteiger partial charge in [0, 0.05) is 12.2 Å². The van der Waals surface area contributed by atoms with Crippen molar-refractivity contribution >= 4 is 17.6 Å². The van der Waals surface area contributed by atoms with Gasteiger partial charge in [-0.1, -0.05) is 0 Å². The van der Waals surface area contributed by atoms with Crippen LogP contribution in [0.4, 0.5) is 10.1 Å². The number of rotatable bonds is 4. The molecule has 1 aromatic heterocycles. The lowest BCUT2D eigenvalue weighted by atomic mass is 10.1. The van der Waals surface area contributed by atoms with Crippen LogP contribution in [0.3, 0.4) is 0 Å². The molecule has 0 aliphatic carbocycles. The number of aromatic carboxylic acids is 1. The molecule has 0 atom stereocenters. The minimum atomic E-state index is -1.23. The first-order chi connectivity index (χ1) is 10.3. The summed E-state index contributed by atoms with van der Waals surface area (Å²) < 4.78 is 15.5. The smallest absolute Gasteiger partial charge is 0.335 e. The van der Waals surface area contributed by atoms with Gasteiger partial charge in [-0.3, -0.25) is 9.48 Å². The Morgan fingerprint density at radius 2 is 2.05 bits per heavy atom. The van der Waals surface area contributed by atoms with Crippen molar-refractivity contribution in [3.8, 4) is 0 Å². The summed E-state index contributed by atoms with van der Waals surface area (Å²) in [6.07, 6.45) is 0. The van der Waals surface area contributed by atoms with Gasteiger partial charge in [0.05, 0.1) is 22.5 Å². The molecule has 6 nitrogen and oxygen atoms in total. The van der Waals surface area contributed by atoms with E-state index in [0.717, 1.165) is 6.07 Å². The Balaban J connectivity index is 2.30. The van der Waals surface area contributed by atoms with Crippen LogP contribution in [0.2, 0.25) is 0 Å². The number of aromatic nitrogens is 2. The van der Waals surface area contributed by atoms with Gasteiger partial charge in [0.1, 0.15) is 5.82 Å². The predicted octanol–water partition coefficient (Wildman–Crippen LogP) is 2.61. The third-order valence-corrected chi connectivity index (χ3v) is 3.37. The fraction of sp³-hybridized carbons (Fsp3) is 0.267. The summed E-state index contributed by atoms with van der Waals surface area (Å²) in [5, 5.41) is 15.5. The van der Waals surface area contributed by atoms with Crippen LogP contribution in [-0.2, 0) is 6.54 Å². The lowest BCUT2D eigenvalue weighted by molar-refractivity contribution is 0.0696. The summed E-state index contributed by atoms with van der Waals surface area (Å²) in [5.74, 6) is -2.50. The summed E-state index contributed by atoms with van der Waals surface area (Å²) in [4.78, 5) is 23.1. The Morgan fingerprint density at radius 3 is 2.55 bits per heavy atom. The number of nitrogens with one attached hydrogen (secondary N) is 1. The van der Waals surface area contributed by atoms with Gasteiger partial charge in [0.25, 0.3) is 5.91 Å². The maximum atomic E-state index is 13.9. The number of carboxylic acid groups (broad SMARTS) is 1. The zero-order valence-corrected chi connectivity index (χ0v) is 12.5. The Bertz CT molecular complexity index is 753.